The molecule has 0 amide bonds. The SMILES string of the molecule is Cc1nc(N(C)C2CCCCC2N)cc(=O)[nH]1. The van der Waals surface area contributed by atoms with Crippen LogP contribution in [-0.4, -0.2) is 29.1 Å². The minimum absolute atomic E-state index is 0.108. The molecule has 94 valence electrons. The molecule has 1 aromatic heterocycles. The second-order valence-corrected chi connectivity index (χ2v) is 4.82. The quantitative estimate of drug-likeness (QED) is 0.796. The number of aromatic nitrogens is 2. The normalized spacial score (nSPS) is 24.6. The molecule has 0 bridgehead atoms. The van der Waals surface area contributed by atoms with Crippen molar-refractivity contribution in [2.45, 2.75) is 44.7 Å². The Morgan fingerprint density at radius 1 is 1.47 bits per heavy atom. The maximum absolute atomic E-state index is 11.4. The Kier molecular flexibility index (Phi) is 3.47. The highest BCUT2D eigenvalue weighted by molar-refractivity contribution is 5.38. The van der Waals surface area contributed by atoms with Gasteiger partial charge in [-0.15, -0.1) is 0 Å². The fourth-order valence-corrected chi connectivity index (χ4v) is 2.54. The van der Waals surface area contributed by atoms with E-state index >= 15 is 0 Å². The number of nitrogens with one attached hydrogen (secondary N) is 1. The van der Waals surface area contributed by atoms with Crippen LogP contribution in [0.1, 0.15) is 31.5 Å². The number of rotatable bonds is 2. The Hall–Kier alpha value is -1.36. The molecule has 1 aromatic rings. The first-order valence-corrected chi connectivity index (χ1v) is 6.14. The lowest BCUT2D eigenvalue weighted by atomic mass is 9.90. The summed E-state index contributed by atoms with van der Waals surface area (Å²) >= 11 is 0. The van der Waals surface area contributed by atoms with Crippen molar-refractivity contribution in [2.75, 3.05) is 11.9 Å². The largest absolute Gasteiger partial charge is 0.355 e. The van der Waals surface area contributed by atoms with E-state index in [1.54, 1.807) is 6.92 Å². The highest BCUT2D eigenvalue weighted by atomic mass is 16.1. The van der Waals surface area contributed by atoms with Crippen molar-refractivity contribution in [1.82, 2.24) is 9.97 Å². The van der Waals surface area contributed by atoms with E-state index in [1.807, 2.05) is 11.9 Å². The van der Waals surface area contributed by atoms with Crippen LogP contribution in [0.5, 0.6) is 0 Å². The number of aromatic amines is 1. The lowest BCUT2D eigenvalue weighted by Crippen LogP contribution is -2.48. The summed E-state index contributed by atoms with van der Waals surface area (Å²) < 4.78 is 0. The van der Waals surface area contributed by atoms with Crippen LogP contribution in [0.2, 0.25) is 0 Å². The van der Waals surface area contributed by atoms with Gasteiger partial charge in [-0.2, -0.15) is 0 Å². The number of hydrogen-bond donors (Lipinski definition) is 2. The van der Waals surface area contributed by atoms with Crippen LogP contribution in [0.15, 0.2) is 10.9 Å². The van der Waals surface area contributed by atoms with Gasteiger partial charge in [-0.1, -0.05) is 12.8 Å². The Balaban J connectivity index is 2.23. The summed E-state index contributed by atoms with van der Waals surface area (Å²) in [5.74, 6) is 1.36. The number of anilines is 1. The number of nitrogens with zero attached hydrogens (tertiary/aromatic N) is 2. The van der Waals surface area contributed by atoms with E-state index in [0.29, 0.717) is 11.6 Å². The first-order chi connectivity index (χ1) is 8.08. The molecule has 2 atom stereocenters. The van der Waals surface area contributed by atoms with Crippen molar-refractivity contribution in [3.63, 3.8) is 0 Å². The van der Waals surface area contributed by atoms with Crippen molar-refractivity contribution in [3.05, 3.63) is 22.2 Å². The second-order valence-electron chi connectivity index (χ2n) is 4.82. The molecule has 5 heteroatoms. The minimum Gasteiger partial charge on any atom is -0.355 e. The van der Waals surface area contributed by atoms with E-state index < -0.39 is 0 Å². The number of nitrogens with two attached hydrogens (primary N) is 1. The topological polar surface area (TPSA) is 75.0 Å². The number of aryl methyl sites for hydroxylation is 1. The van der Waals surface area contributed by atoms with E-state index in [9.17, 15) is 4.79 Å². The maximum Gasteiger partial charge on any atom is 0.252 e. The van der Waals surface area contributed by atoms with Crippen LogP contribution in [0.3, 0.4) is 0 Å². The molecule has 5 nitrogen and oxygen atoms in total. The van der Waals surface area contributed by atoms with E-state index in [0.717, 1.165) is 12.8 Å². The molecule has 0 saturated heterocycles. The molecule has 2 unspecified atom stereocenters. The zero-order valence-corrected chi connectivity index (χ0v) is 10.4. The fourth-order valence-electron chi connectivity index (χ4n) is 2.54. The van der Waals surface area contributed by atoms with E-state index in [-0.39, 0.29) is 17.6 Å². The summed E-state index contributed by atoms with van der Waals surface area (Å²) in [5.41, 5.74) is 6.03. The lowest BCUT2D eigenvalue weighted by molar-refractivity contribution is 0.372. The van der Waals surface area contributed by atoms with Gasteiger partial charge < -0.3 is 15.6 Å². The molecule has 0 aromatic carbocycles. The minimum atomic E-state index is -0.108. The molecule has 1 saturated carbocycles. The smallest absolute Gasteiger partial charge is 0.252 e. The average molecular weight is 236 g/mol. The molecule has 0 spiro atoms. The summed E-state index contributed by atoms with van der Waals surface area (Å²) in [6.45, 7) is 1.79. The van der Waals surface area contributed by atoms with Crippen molar-refractivity contribution in [3.8, 4) is 0 Å². The molecule has 1 fully saturated rings. The van der Waals surface area contributed by atoms with Crippen LogP contribution < -0.4 is 16.2 Å². The van der Waals surface area contributed by atoms with E-state index in [1.165, 1.54) is 18.9 Å². The predicted octanol–water partition coefficient (Wildman–Crippen LogP) is 0.784. The standard InChI is InChI=1S/C12H20N4O/c1-8-14-11(7-12(17)15-8)16(2)10-6-4-3-5-9(10)13/h7,9-10H,3-6,13H2,1-2H3,(H,14,15,17). The number of likely N-dealkylation sites (N-methyl/N-ethyl adjacent to an activating group) is 1. The Morgan fingerprint density at radius 3 is 2.82 bits per heavy atom. The summed E-state index contributed by atoms with van der Waals surface area (Å²) in [6.07, 6.45) is 4.53. The summed E-state index contributed by atoms with van der Waals surface area (Å²) in [6, 6.07) is 2.00. The monoisotopic (exact) mass is 236 g/mol. The van der Waals surface area contributed by atoms with Gasteiger partial charge in [-0.3, -0.25) is 4.79 Å². The first-order valence-electron chi connectivity index (χ1n) is 6.14. The summed E-state index contributed by atoms with van der Waals surface area (Å²) in [4.78, 5) is 20.5. The zero-order valence-electron chi connectivity index (χ0n) is 10.4. The Morgan fingerprint density at radius 2 is 2.18 bits per heavy atom. The third-order valence-electron chi connectivity index (χ3n) is 3.49. The van der Waals surface area contributed by atoms with Gasteiger partial charge in [-0.25, -0.2) is 4.98 Å². The van der Waals surface area contributed by atoms with E-state index in [2.05, 4.69) is 9.97 Å². The molecule has 0 aliphatic heterocycles. The molecule has 1 aliphatic carbocycles. The van der Waals surface area contributed by atoms with Crippen molar-refractivity contribution >= 4 is 5.82 Å². The second kappa shape index (κ2) is 4.87. The average Bonchev–Trinajstić information content (AvgIpc) is 2.27. The number of hydrogen-bond acceptors (Lipinski definition) is 4. The van der Waals surface area contributed by atoms with Crippen LogP contribution in [0, 0.1) is 6.92 Å². The lowest BCUT2D eigenvalue weighted by Gasteiger charge is -2.36. The van der Waals surface area contributed by atoms with Crippen molar-refractivity contribution < 1.29 is 0 Å². The summed E-state index contributed by atoms with van der Waals surface area (Å²) in [5, 5.41) is 0. The molecule has 0 radical (unpaired) electrons. The molecular formula is C12H20N4O. The molecule has 2 rings (SSSR count). The highest BCUT2D eigenvalue weighted by Crippen LogP contribution is 2.23. The van der Waals surface area contributed by atoms with Gasteiger partial charge in [0.05, 0.1) is 0 Å². The third kappa shape index (κ3) is 2.66. The first kappa shape index (κ1) is 12.1. The maximum atomic E-state index is 11.4. The molecule has 1 heterocycles. The molecule has 3 N–H and O–H groups in total. The Labute approximate surface area is 101 Å². The molecule has 1 aliphatic rings. The number of H-pyrrole nitrogens is 1. The van der Waals surface area contributed by atoms with Crippen LogP contribution in [0.4, 0.5) is 5.82 Å². The molecule has 17 heavy (non-hydrogen) atoms. The molecular weight excluding hydrogens is 216 g/mol. The fraction of sp³-hybridized carbons (Fsp3) is 0.667. The van der Waals surface area contributed by atoms with Gasteiger partial charge in [0.2, 0.25) is 0 Å². The van der Waals surface area contributed by atoms with E-state index in [4.69, 9.17) is 5.73 Å². The van der Waals surface area contributed by atoms with Gasteiger partial charge in [-0.05, 0) is 19.8 Å². The van der Waals surface area contributed by atoms with Crippen LogP contribution >= 0.6 is 0 Å². The van der Waals surface area contributed by atoms with Crippen LogP contribution in [-0.2, 0) is 0 Å². The van der Waals surface area contributed by atoms with Gasteiger partial charge in [0.25, 0.3) is 5.56 Å². The van der Waals surface area contributed by atoms with Crippen LogP contribution in [0.25, 0.3) is 0 Å². The zero-order chi connectivity index (χ0) is 12.4. The van der Waals surface area contributed by atoms with Gasteiger partial charge in [0.15, 0.2) is 0 Å². The van der Waals surface area contributed by atoms with Crippen molar-refractivity contribution in [2.24, 2.45) is 5.73 Å². The predicted molar refractivity (Wildman–Crippen MR) is 68.2 cm³/mol. The van der Waals surface area contributed by atoms with Gasteiger partial charge in [0, 0.05) is 25.2 Å². The third-order valence-corrected chi connectivity index (χ3v) is 3.49. The Bertz CT molecular complexity index is 442. The van der Waals surface area contributed by atoms with Gasteiger partial charge in [0.1, 0.15) is 11.6 Å². The highest BCUT2D eigenvalue weighted by Gasteiger charge is 2.26. The van der Waals surface area contributed by atoms with Gasteiger partial charge >= 0.3 is 0 Å². The summed E-state index contributed by atoms with van der Waals surface area (Å²) in [7, 11) is 1.97. The van der Waals surface area contributed by atoms with Crippen molar-refractivity contribution in [1.29, 1.82) is 0 Å².